The van der Waals surface area contributed by atoms with Gasteiger partial charge < -0.3 is 5.32 Å². The number of hydrogen-bond donors (Lipinski definition) is 3. The Bertz CT molecular complexity index is 315. The average Bonchev–Trinajstić information content (AvgIpc) is 2.48. The summed E-state index contributed by atoms with van der Waals surface area (Å²) in [5, 5.41) is 3.23. The summed E-state index contributed by atoms with van der Waals surface area (Å²) >= 11 is 0. The van der Waals surface area contributed by atoms with E-state index < -0.39 is 15.7 Å². The maximum atomic E-state index is 11.8. The zero-order chi connectivity index (χ0) is 12.4. The van der Waals surface area contributed by atoms with E-state index in [9.17, 15) is 8.42 Å². The van der Waals surface area contributed by atoms with Crippen LogP contribution in [0.25, 0.3) is 0 Å². The maximum Gasteiger partial charge on any atom is 0.277 e. The fraction of sp³-hybridized carbons (Fsp3) is 1.00. The van der Waals surface area contributed by atoms with Gasteiger partial charge in [0.2, 0.25) is 0 Å². The van der Waals surface area contributed by atoms with Crippen LogP contribution >= 0.6 is 0 Å². The molecule has 0 aromatic rings. The molecule has 0 spiro atoms. The fourth-order valence-electron chi connectivity index (χ4n) is 1.88. The topological polar surface area (TPSA) is 70.2 Å². The minimum Gasteiger partial charge on any atom is -0.316 e. The number of hydrogen-bond acceptors (Lipinski definition) is 3. The molecule has 96 valence electrons. The molecule has 1 aliphatic heterocycles. The van der Waals surface area contributed by atoms with Crippen molar-refractivity contribution in [3.05, 3.63) is 0 Å². The Morgan fingerprint density at radius 1 is 1.38 bits per heavy atom. The van der Waals surface area contributed by atoms with Gasteiger partial charge in [0.25, 0.3) is 10.2 Å². The van der Waals surface area contributed by atoms with Crippen molar-refractivity contribution in [3.63, 3.8) is 0 Å². The molecule has 2 atom stereocenters. The Labute approximate surface area is 98.6 Å². The third-order valence-electron chi connectivity index (χ3n) is 2.59. The monoisotopic (exact) mass is 249 g/mol. The average molecular weight is 249 g/mol. The lowest BCUT2D eigenvalue weighted by atomic mass is 10.0. The largest absolute Gasteiger partial charge is 0.316 e. The Kier molecular flexibility index (Phi) is 4.34. The molecule has 1 heterocycles. The van der Waals surface area contributed by atoms with Crippen LogP contribution in [-0.4, -0.2) is 33.1 Å². The molecule has 1 aliphatic rings. The Morgan fingerprint density at radius 3 is 2.44 bits per heavy atom. The first-order chi connectivity index (χ1) is 7.20. The molecule has 0 amide bonds. The second kappa shape index (κ2) is 5.00. The van der Waals surface area contributed by atoms with E-state index in [0.717, 1.165) is 19.5 Å². The van der Waals surface area contributed by atoms with E-state index in [1.54, 1.807) is 0 Å². The molecular formula is C10H23N3O2S. The third kappa shape index (κ3) is 4.78. The molecule has 0 aromatic carbocycles. The fourth-order valence-corrected chi connectivity index (χ4v) is 3.42. The van der Waals surface area contributed by atoms with Gasteiger partial charge in [0.1, 0.15) is 0 Å². The predicted octanol–water partition coefficient (Wildman–Crippen LogP) is 0.207. The van der Waals surface area contributed by atoms with Gasteiger partial charge in [-0.05, 0) is 53.1 Å². The van der Waals surface area contributed by atoms with Crippen LogP contribution in [0.3, 0.4) is 0 Å². The van der Waals surface area contributed by atoms with Crippen LogP contribution in [0, 0.1) is 5.92 Å². The highest BCUT2D eigenvalue weighted by molar-refractivity contribution is 7.87. The van der Waals surface area contributed by atoms with Crippen molar-refractivity contribution in [1.82, 2.24) is 14.8 Å². The van der Waals surface area contributed by atoms with Crippen molar-refractivity contribution in [2.24, 2.45) is 5.92 Å². The van der Waals surface area contributed by atoms with Crippen molar-refractivity contribution in [2.45, 2.75) is 45.7 Å². The summed E-state index contributed by atoms with van der Waals surface area (Å²) in [6.45, 7) is 9.26. The first kappa shape index (κ1) is 13.9. The van der Waals surface area contributed by atoms with E-state index in [1.807, 2.05) is 27.7 Å². The van der Waals surface area contributed by atoms with Crippen molar-refractivity contribution < 1.29 is 8.42 Å². The van der Waals surface area contributed by atoms with Crippen molar-refractivity contribution in [1.29, 1.82) is 0 Å². The molecule has 2 unspecified atom stereocenters. The standard InChI is InChI=1S/C10H23N3O2S/c1-8(9-5-6-11-7-9)12-16(14,15)13-10(2,3)4/h8-9,11-13H,5-7H2,1-4H3. The van der Waals surface area contributed by atoms with Crippen LogP contribution in [0.15, 0.2) is 0 Å². The smallest absolute Gasteiger partial charge is 0.277 e. The van der Waals surface area contributed by atoms with Gasteiger partial charge in [-0.1, -0.05) is 0 Å². The highest BCUT2D eigenvalue weighted by atomic mass is 32.2. The van der Waals surface area contributed by atoms with E-state index in [0.29, 0.717) is 5.92 Å². The lowest BCUT2D eigenvalue weighted by Gasteiger charge is -2.24. The van der Waals surface area contributed by atoms with Crippen LogP contribution in [0.5, 0.6) is 0 Å². The summed E-state index contributed by atoms with van der Waals surface area (Å²) in [5.74, 6) is 0.386. The molecular weight excluding hydrogens is 226 g/mol. The lowest BCUT2D eigenvalue weighted by molar-refractivity contribution is 0.428. The van der Waals surface area contributed by atoms with Gasteiger partial charge in [-0.25, -0.2) is 0 Å². The summed E-state index contributed by atoms with van der Waals surface area (Å²) in [6, 6.07) is -0.0325. The van der Waals surface area contributed by atoms with Gasteiger partial charge in [0, 0.05) is 11.6 Å². The second-order valence-electron chi connectivity index (χ2n) is 5.51. The Hall–Kier alpha value is -0.170. The van der Waals surface area contributed by atoms with Crippen molar-refractivity contribution in [3.8, 4) is 0 Å². The summed E-state index contributed by atoms with van der Waals surface area (Å²) < 4.78 is 28.8. The van der Waals surface area contributed by atoms with Gasteiger partial charge in [-0.15, -0.1) is 0 Å². The van der Waals surface area contributed by atoms with Crippen molar-refractivity contribution >= 4 is 10.2 Å². The Morgan fingerprint density at radius 2 is 2.00 bits per heavy atom. The van der Waals surface area contributed by atoms with Crippen LogP contribution < -0.4 is 14.8 Å². The van der Waals surface area contributed by atoms with Crippen LogP contribution in [0.4, 0.5) is 0 Å². The van der Waals surface area contributed by atoms with E-state index in [4.69, 9.17) is 0 Å². The van der Waals surface area contributed by atoms with Crippen molar-refractivity contribution in [2.75, 3.05) is 13.1 Å². The summed E-state index contributed by atoms with van der Waals surface area (Å²) in [5.41, 5.74) is -0.445. The molecule has 0 aromatic heterocycles. The van der Waals surface area contributed by atoms with Crippen LogP contribution in [0.1, 0.15) is 34.1 Å². The quantitative estimate of drug-likeness (QED) is 0.667. The Balaban J connectivity index is 2.51. The summed E-state index contributed by atoms with van der Waals surface area (Å²) in [4.78, 5) is 0. The SMILES string of the molecule is CC(NS(=O)(=O)NC(C)(C)C)C1CCNC1. The number of nitrogens with one attached hydrogen (secondary N) is 3. The van der Waals surface area contributed by atoms with E-state index in [2.05, 4.69) is 14.8 Å². The van der Waals surface area contributed by atoms with Gasteiger partial charge in [0.05, 0.1) is 0 Å². The summed E-state index contributed by atoms with van der Waals surface area (Å²) in [7, 11) is -3.40. The molecule has 1 rings (SSSR count). The molecule has 1 saturated heterocycles. The summed E-state index contributed by atoms with van der Waals surface area (Å²) in [6.07, 6.45) is 1.03. The van der Waals surface area contributed by atoms with E-state index >= 15 is 0 Å². The zero-order valence-electron chi connectivity index (χ0n) is 10.5. The first-order valence-electron chi connectivity index (χ1n) is 5.71. The minimum absolute atomic E-state index is 0.0325. The maximum absolute atomic E-state index is 11.8. The zero-order valence-corrected chi connectivity index (χ0v) is 11.3. The van der Waals surface area contributed by atoms with E-state index in [1.165, 1.54) is 0 Å². The van der Waals surface area contributed by atoms with Crippen LogP contribution in [0.2, 0.25) is 0 Å². The third-order valence-corrected chi connectivity index (χ3v) is 4.15. The predicted molar refractivity (Wildman–Crippen MR) is 65.4 cm³/mol. The van der Waals surface area contributed by atoms with E-state index in [-0.39, 0.29) is 6.04 Å². The lowest BCUT2D eigenvalue weighted by Crippen LogP contribution is -2.51. The van der Waals surface area contributed by atoms with Gasteiger partial charge in [0.15, 0.2) is 0 Å². The number of rotatable bonds is 4. The molecule has 3 N–H and O–H groups in total. The van der Waals surface area contributed by atoms with Gasteiger partial charge in [-0.2, -0.15) is 17.9 Å². The molecule has 16 heavy (non-hydrogen) atoms. The highest BCUT2D eigenvalue weighted by Crippen LogP contribution is 2.13. The van der Waals surface area contributed by atoms with Gasteiger partial charge >= 0.3 is 0 Å². The highest BCUT2D eigenvalue weighted by Gasteiger charge is 2.27. The molecule has 0 radical (unpaired) electrons. The van der Waals surface area contributed by atoms with Gasteiger partial charge in [-0.3, -0.25) is 0 Å². The normalized spacial score (nSPS) is 24.6. The molecule has 1 fully saturated rings. The molecule has 0 aliphatic carbocycles. The molecule has 6 heteroatoms. The molecule has 0 saturated carbocycles. The van der Waals surface area contributed by atoms with Crippen LogP contribution in [-0.2, 0) is 10.2 Å². The minimum atomic E-state index is -3.40. The molecule has 0 bridgehead atoms. The first-order valence-corrected chi connectivity index (χ1v) is 7.20. The second-order valence-corrected chi connectivity index (χ2v) is 6.96. The molecule has 5 nitrogen and oxygen atoms in total.